The number of allylic oxidation sites excluding steroid dienone is 2. The lowest BCUT2D eigenvalue weighted by Crippen LogP contribution is -2.40. The van der Waals surface area contributed by atoms with Crippen molar-refractivity contribution < 1.29 is 28.8 Å². The Morgan fingerprint density at radius 1 is 1.13 bits per heavy atom. The standard InChI is InChI=1S/C29H30N2O7S/c1-7-9-19-12-17(13-22(37-6)26(19)32)14-23-27(33)31-25(18-10-11-20(35-4)21(15-18)36-5)24(28(34)38-8-2)16(3)30-29(31)39-23/h7,10-15,25,32H,1,8-9H2,2-6H3/b23-14+/t25-/m0/s1. The summed E-state index contributed by atoms with van der Waals surface area (Å²) in [6, 6.07) is 7.89. The average molecular weight is 551 g/mol. The number of hydrogen-bond acceptors (Lipinski definition) is 9. The van der Waals surface area contributed by atoms with E-state index in [1.165, 1.54) is 37.2 Å². The van der Waals surface area contributed by atoms with Crippen molar-refractivity contribution in [1.29, 1.82) is 0 Å². The van der Waals surface area contributed by atoms with E-state index in [0.717, 1.165) is 0 Å². The van der Waals surface area contributed by atoms with E-state index in [1.54, 1.807) is 56.3 Å². The normalized spacial score (nSPS) is 14.9. The third-order valence-electron chi connectivity index (χ3n) is 6.30. The summed E-state index contributed by atoms with van der Waals surface area (Å²) < 4.78 is 23.5. The molecule has 0 spiro atoms. The van der Waals surface area contributed by atoms with Crippen LogP contribution in [-0.2, 0) is 16.0 Å². The molecule has 39 heavy (non-hydrogen) atoms. The number of methoxy groups -OCH3 is 3. The van der Waals surface area contributed by atoms with Gasteiger partial charge in [0.15, 0.2) is 27.8 Å². The van der Waals surface area contributed by atoms with Crippen LogP contribution in [0.2, 0.25) is 0 Å². The lowest BCUT2D eigenvalue weighted by atomic mass is 9.95. The highest BCUT2D eigenvalue weighted by Crippen LogP contribution is 2.36. The number of nitrogens with zero attached hydrogens (tertiary/aromatic N) is 2. The van der Waals surface area contributed by atoms with Crippen molar-refractivity contribution >= 4 is 23.4 Å². The highest BCUT2D eigenvalue weighted by atomic mass is 32.1. The molecule has 2 aromatic carbocycles. The van der Waals surface area contributed by atoms with E-state index in [0.29, 0.717) is 49.6 Å². The van der Waals surface area contributed by atoms with Crippen molar-refractivity contribution in [1.82, 2.24) is 4.57 Å². The first kappa shape index (κ1) is 27.7. The molecule has 4 rings (SSSR count). The molecule has 1 aliphatic rings. The Balaban J connectivity index is 1.97. The number of benzene rings is 2. The largest absolute Gasteiger partial charge is 0.504 e. The number of fused-ring (bicyclic) bond motifs is 1. The van der Waals surface area contributed by atoms with Crippen molar-refractivity contribution in [3.8, 4) is 23.0 Å². The summed E-state index contributed by atoms with van der Waals surface area (Å²) in [5.74, 6) is 0.742. The van der Waals surface area contributed by atoms with Gasteiger partial charge in [0.2, 0.25) is 0 Å². The van der Waals surface area contributed by atoms with Crippen LogP contribution in [0.3, 0.4) is 0 Å². The fraction of sp³-hybridized carbons (Fsp3) is 0.276. The van der Waals surface area contributed by atoms with Crippen LogP contribution in [0.1, 0.15) is 36.6 Å². The summed E-state index contributed by atoms with van der Waals surface area (Å²) >= 11 is 1.20. The molecule has 10 heteroatoms. The maximum atomic E-state index is 13.9. The molecule has 0 fully saturated rings. The predicted molar refractivity (Wildman–Crippen MR) is 149 cm³/mol. The minimum absolute atomic E-state index is 0.0270. The van der Waals surface area contributed by atoms with Crippen molar-refractivity contribution in [2.45, 2.75) is 26.3 Å². The molecule has 0 unspecified atom stereocenters. The second-order valence-corrected chi connectivity index (χ2v) is 9.65. The number of rotatable bonds is 9. The highest BCUT2D eigenvalue weighted by molar-refractivity contribution is 7.07. The fourth-order valence-corrected chi connectivity index (χ4v) is 5.57. The van der Waals surface area contributed by atoms with Crippen LogP contribution in [0.4, 0.5) is 0 Å². The molecule has 2 heterocycles. The molecular weight excluding hydrogens is 520 g/mol. The maximum absolute atomic E-state index is 13.9. The number of carbonyl (C=O) groups excluding carboxylic acids is 1. The first-order valence-electron chi connectivity index (χ1n) is 12.2. The Morgan fingerprint density at radius 2 is 1.85 bits per heavy atom. The summed E-state index contributed by atoms with van der Waals surface area (Å²) in [6.07, 6.45) is 3.81. The topological polar surface area (TPSA) is 109 Å². The van der Waals surface area contributed by atoms with Crippen LogP contribution < -0.4 is 29.1 Å². The van der Waals surface area contributed by atoms with Crippen molar-refractivity contribution in [2.75, 3.05) is 27.9 Å². The molecule has 0 radical (unpaired) electrons. The monoisotopic (exact) mass is 550 g/mol. The van der Waals surface area contributed by atoms with E-state index in [-0.39, 0.29) is 29.2 Å². The molecule has 3 aromatic rings. The minimum Gasteiger partial charge on any atom is -0.504 e. The molecule has 1 atom stereocenters. The Bertz CT molecular complexity index is 1650. The second kappa shape index (κ2) is 11.6. The first-order chi connectivity index (χ1) is 18.8. The van der Waals surface area contributed by atoms with Crippen LogP contribution in [0.15, 0.2) is 64.0 Å². The number of thiazole rings is 1. The molecule has 0 saturated heterocycles. The fourth-order valence-electron chi connectivity index (χ4n) is 4.52. The predicted octanol–water partition coefficient (Wildman–Crippen LogP) is 3.26. The van der Waals surface area contributed by atoms with Crippen molar-refractivity contribution in [2.24, 2.45) is 4.99 Å². The molecule has 0 bridgehead atoms. The highest BCUT2D eigenvalue weighted by Gasteiger charge is 2.34. The maximum Gasteiger partial charge on any atom is 0.338 e. The Morgan fingerprint density at radius 3 is 2.49 bits per heavy atom. The van der Waals surface area contributed by atoms with Gasteiger partial charge in [-0.3, -0.25) is 9.36 Å². The van der Waals surface area contributed by atoms with E-state index in [1.807, 2.05) is 0 Å². The third-order valence-corrected chi connectivity index (χ3v) is 7.28. The van der Waals surface area contributed by atoms with Gasteiger partial charge in [0.05, 0.1) is 49.8 Å². The number of hydrogen-bond donors (Lipinski definition) is 1. The van der Waals surface area contributed by atoms with Gasteiger partial charge in [-0.15, -0.1) is 6.58 Å². The lowest BCUT2D eigenvalue weighted by Gasteiger charge is -2.25. The van der Waals surface area contributed by atoms with E-state index < -0.39 is 12.0 Å². The van der Waals surface area contributed by atoms with E-state index in [9.17, 15) is 14.7 Å². The van der Waals surface area contributed by atoms with E-state index >= 15 is 0 Å². The molecule has 204 valence electrons. The third kappa shape index (κ3) is 5.20. The Hall–Kier alpha value is -4.31. The number of ether oxygens (including phenoxy) is 4. The second-order valence-electron chi connectivity index (χ2n) is 8.64. The summed E-state index contributed by atoms with van der Waals surface area (Å²) in [6.45, 7) is 7.37. The molecule has 0 aliphatic carbocycles. The Labute approximate surface area is 229 Å². The number of phenolic OH excluding ortho intramolecular Hbond substituents is 1. The van der Waals surface area contributed by atoms with Crippen LogP contribution in [-0.4, -0.2) is 43.6 Å². The van der Waals surface area contributed by atoms with Gasteiger partial charge in [0.1, 0.15) is 0 Å². The number of aromatic nitrogens is 1. The van der Waals surface area contributed by atoms with Gasteiger partial charge in [0.25, 0.3) is 5.56 Å². The van der Waals surface area contributed by atoms with Crippen LogP contribution in [0.25, 0.3) is 6.08 Å². The zero-order valence-electron chi connectivity index (χ0n) is 22.4. The zero-order valence-corrected chi connectivity index (χ0v) is 23.3. The average Bonchev–Trinajstić information content (AvgIpc) is 3.23. The molecule has 1 N–H and O–H groups in total. The first-order valence-corrected chi connectivity index (χ1v) is 13.0. The quantitative estimate of drug-likeness (QED) is 0.322. The number of esters is 1. The van der Waals surface area contributed by atoms with Gasteiger partial charge in [-0.05, 0) is 61.7 Å². The van der Waals surface area contributed by atoms with Crippen LogP contribution in [0.5, 0.6) is 23.0 Å². The van der Waals surface area contributed by atoms with Gasteiger partial charge < -0.3 is 24.1 Å². The molecule has 9 nitrogen and oxygen atoms in total. The van der Waals surface area contributed by atoms with Gasteiger partial charge in [0, 0.05) is 5.56 Å². The van der Waals surface area contributed by atoms with Gasteiger partial charge in [-0.2, -0.15) is 0 Å². The van der Waals surface area contributed by atoms with E-state index in [2.05, 4.69) is 11.6 Å². The van der Waals surface area contributed by atoms with E-state index in [4.69, 9.17) is 18.9 Å². The smallest absolute Gasteiger partial charge is 0.338 e. The van der Waals surface area contributed by atoms with Crippen LogP contribution in [0, 0.1) is 0 Å². The van der Waals surface area contributed by atoms with Crippen LogP contribution >= 0.6 is 11.3 Å². The molecular formula is C29H30N2O7S. The molecule has 1 aromatic heterocycles. The summed E-state index contributed by atoms with van der Waals surface area (Å²) in [4.78, 5) is 32.1. The minimum atomic E-state index is -0.798. The number of carbonyl (C=O) groups is 1. The SMILES string of the molecule is C=CCc1cc(/C=c2/sc3n(c2=O)[C@@H](c2ccc(OC)c(OC)c2)C(C(=O)OCC)=C(C)N=3)cc(OC)c1O. The van der Waals surface area contributed by atoms with Gasteiger partial charge >= 0.3 is 5.97 Å². The van der Waals surface area contributed by atoms with Gasteiger partial charge in [-0.1, -0.05) is 23.5 Å². The summed E-state index contributed by atoms with van der Waals surface area (Å²) in [5.41, 5.74) is 2.31. The molecule has 0 saturated carbocycles. The number of aromatic hydroxyl groups is 1. The lowest BCUT2D eigenvalue weighted by molar-refractivity contribution is -0.139. The van der Waals surface area contributed by atoms with Crippen molar-refractivity contribution in [3.63, 3.8) is 0 Å². The summed E-state index contributed by atoms with van der Waals surface area (Å²) in [5, 5.41) is 10.5. The molecule has 1 aliphatic heterocycles. The summed E-state index contributed by atoms with van der Waals surface area (Å²) in [7, 11) is 4.52. The Kier molecular flexibility index (Phi) is 8.25. The zero-order chi connectivity index (χ0) is 28.3. The van der Waals surface area contributed by atoms with Crippen molar-refractivity contribution in [3.05, 3.63) is 90.6 Å². The number of phenols is 1. The molecule has 0 amide bonds. The van der Waals surface area contributed by atoms with Gasteiger partial charge in [-0.25, -0.2) is 9.79 Å².